The molecule has 2 unspecified atom stereocenters. The Hall–Kier alpha value is -1.54. The van der Waals surface area contributed by atoms with E-state index < -0.39 is 16.8 Å². The van der Waals surface area contributed by atoms with Crippen molar-refractivity contribution < 1.29 is 19.3 Å². The van der Waals surface area contributed by atoms with Crippen LogP contribution in [0.3, 0.4) is 0 Å². The summed E-state index contributed by atoms with van der Waals surface area (Å²) in [6, 6.07) is 4.06. The first-order valence-corrected chi connectivity index (χ1v) is 9.76. The lowest BCUT2D eigenvalue weighted by Crippen LogP contribution is -2.52. The quantitative estimate of drug-likeness (QED) is 0.545. The number of carbonyl (C=O) groups is 2. The molecule has 0 aromatic heterocycles. The largest absolute Gasteiger partial charge is 0.481 e. The number of carboxylic acid groups (broad SMARTS) is 1. The number of hydrogen-bond acceptors (Lipinski definition) is 3. The molecule has 1 aromatic carbocycles. The minimum absolute atomic E-state index is 0.0453. The van der Waals surface area contributed by atoms with Crippen molar-refractivity contribution in [1.82, 2.24) is 0 Å². The lowest BCUT2D eigenvalue weighted by atomic mass is 9.53. The summed E-state index contributed by atoms with van der Waals surface area (Å²) >= 11 is 0. The molecule has 0 amide bonds. The Bertz CT molecular complexity index is 654. The van der Waals surface area contributed by atoms with Crippen LogP contribution in [0.2, 0.25) is 0 Å². The monoisotopic (exact) mass is 379 g/mol. The van der Waals surface area contributed by atoms with Crippen molar-refractivity contribution in [2.24, 2.45) is 10.8 Å². The van der Waals surface area contributed by atoms with Crippen molar-refractivity contribution in [3.63, 3.8) is 0 Å². The van der Waals surface area contributed by atoms with Gasteiger partial charge < -0.3 is 5.11 Å². The molecule has 1 saturated carbocycles. The molecular weight excluding hydrogens is 347 g/mol. The molecule has 1 fully saturated rings. The van der Waals surface area contributed by atoms with Crippen molar-refractivity contribution in [3.05, 3.63) is 34.4 Å². The number of aliphatic carboxylic acids is 1. The molecule has 0 radical (unpaired) electrons. The van der Waals surface area contributed by atoms with Crippen molar-refractivity contribution in [2.75, 3.05) is 0 Å². The number of Topliss-reactive ketones (excluding diaryl/α,β-unsaturated/α-hetero) is 1. The van der Waals surface area contributed by atoms with Crippen LogP contribution in [0.4, 0.5) is 0 Å². The molecule has 0 bridgehead atoms. The third kappa shape index (κ3) is 3.76. The number of benzene rings is 1. The third-order valence-electron chi connectivity index (χ3n) is 6.28. The molecule has 4 nitrogen and oxygen atoms in total. The van der Waals surface area contributed by atoms with Crippen LogP contribution in [-0.2, 0) is 9.36 Å². The van der Waals surface area contributed by atoms with Crippen LogP contribution in [0.5, 0.6) is 0 Å². The van der Waals surface area contributed by atoms with Gasteiger partial charge in [0.25, 0.3) is 0 Å². The summed E-state index contributed by atoms with van der Waals surface area (Å²) in [4.78, 5) is 25.9. The van der Waals surface area contributed by atoms with E-state index >= 15 is 0 Å². The molecule has 1 aliphatic carbocycles. The second-order valence-corrected chi connectivity index (χ2v) is 7.74. The van der Waals surface area contributed by atoms with Crippen LogP contribution < -0.4 is 0 Å². The number of carbonyl (C=O) groups excluding carboxylic acids is 1. The summed E-state index contributed by atoms with van der Waals surface area (Å²) in [5.41, 5.74) is 1.99. The molecule has 0 aliphatic heterocycles. The molecule has 2 rings (SSSR count). The van der Waals surface area contributed by atoms with E-state index in [-0.39, 0.29) is 5.78 Å². The second kappa shape index (κ2) is 8.90. The summed E-state index contributed by atoms with van der Waals surface area (Å²) in [7, 11) is 1.17. The van der Waals surface area contributed by atoms with Crippen LogP contribution >= 0.6 is 9.12 Å². The standard InChI is InChI=1S/C21H30O3.H2OP/c1-6-20(5,19(23)24)21(10-8-7-9-11-21)18(22)17-15(3)12-14(2)13-16(17)4;1-2/h12-13H,6-11H2,1-5H3,(H,23,24);2H2/q;+1. The molecule has 1 N–H and O–H groups in total. The Balaban J connectivity index is 0.00000163. The molecule has 0 heterocycles. The Morgan fingerprint density at radius 2 is 1.54 bits per heavy atom. The van der Waals surface area contributed by atoms with Gasteiger partial charge in [0.15, 0.2) is 5.78 Å². The van der Waals surface area contributed by atoms with E-state index in [1.807, 2.05) is 39.8 Å². The molecule has 26 heavy (non-hydrogen) atoms. The predicted molar refractivity (Wildman–Crippen MR) is 107 cm³/mol. The Kier molecular flexibility index (Phi) is 7.70. The maximum atomic E-state index is 13.7. The highest BCUT2D eigenvalue weighted by atomic mass is 31.0. The van der Waals surface area contributed by atoms with E-state index in [1.54, 1.807) is 6.92 Å². The van der Waals surface area contributed by atoms with Gasteiger partial charge in [0.2, 0.25) is 0 Å². The summed E-state index contributed by atoms with van der Waals surface area (Å²) < 4.78 is 8.17. The molecule has 2 atom stereocenters. The lowest BCUT2D eigenvalue weighted by Gasteiger charge is -2.47. The third-order valence-corrected chi connectivity index (χ3v) is 6.28. The Morgan fingerprint density at radius 1 is 1.08 bits per heavy atom. The van der Waals surface area contributed by atoms with E-state index in [4.69, 9.17) is 4.57 Å². The van der Waals surface area contributed by atoms with Crippen molar-refractivity contribution in [3.8, 4) is 0 Å². The highest BCUT2D eigenvalue weighted by molar-refractivity contribution is 7.00. The topological polar surface area (TPSA) is 71.4 Å². The van der Waals surface area contributed by atoms with Gasteiger partial charge in [-0.3, -0.25) is 9.59 Å². The van der Waals surface area contributed by atoms with E-state index in [2.05, 4.69) is 0 Å². The van der Waals surface area contributed by atoms with Gasteiger partial charge in [-0.15, -0.1) is 0 Å². The van der Waals surface area contributed by atoms with Crippen LogP contribution in [0.15, 0.2) is 12.1 Å². The van der Waals surface area contributed by atoms with Gasteiger partial charge in [-0.05, 0) is 58.1 Å². The first-order valence-electron chi connectivity index (χ1n) is 9.29. The average Bonchev–Trinajstić information content (AvgIpc) is 2.62. The van der Waals surface area contributed by atoms with E-state index in [0.29, 0.717) is 19.3 Å². The summed E-state index contributed by atoms with van der Waals surface area (Å²) in [6.45, 7) is 9.63. The van der Waals surface area contributed by atoms with Crippen molar-refractivity contribution in [2.45, 2.75) is 73.1 Å². The zero-order valence-corrected chi connectivity index (χ0v) is 17.8. The van der Waals surface area contributed by atoms with Gasteiger partial charge in [0, 0.05) is 11.0 Å². The van der Waals surface area contributed by atoms with Crippen LogP contribution in [0.25, 0.3) is 0 Å². The van der Waals surface area contributed by atoms with Gasteiger partial charge >= 0.3 is 15.1 Å². The maximum Gasteiger partial charge on any atom is 0.310 e. The maximum absolute atomic E-state index is 13.7. The van der Waals surface area contributed by atoms with Gasteiger partial charge in [-0.25, -0.2) is 0 Å². The molecule has 0 spiro atoms. The Morgan fingerprint density at radius 3 is 1.92 bits per heavy atom. The number of rotatable bonds is 5. The molecule has 1 aliphatic rings. The number of hydrogen-bond donors (Lipinski definition) is 1. The zero-order valence-electron chi connectivity index (χ0n) is 16.6. The average molecular weight is 379 g/mol. The molecule has 5 heteroatoms. The van der Waals surface area contributed by atoms with Crippen LogP contribution in [-0.4, -0.2) is 16.9 Å². The van der Waals surface area contributed by atoms with Gasteiger partial charge in [-0.1, -0.05) is 48.4 Å². The van der Waals surface area contributed by atoms with E-state index in [0.717, 1.165) is 41.5 Å². The minimum Gasteiger partial charge on any atom is -0.481 e. The predicted octanol–water partition coefficient (Wildman–Crippen LogP) is 5.45. The highest BCUT2D eigenvalue weighted by Gasteiger charge is 2.57. The van der Waals surface area contributed by atoms with Crippen molar-refractivity contribution in [1.29, 1.82) is 0 Å². The SMILES string of the molecule is CCC(C)(C(=O)O)C1(C(=O)c2c(C)cc(C)cc2C)CCCCC1.O=[PH2+]. The van der Waals surface area contributed by atoms with E-state index in [1.165, 1.54) is 9.12 Å². The van der Waals surface area contributed by atoms with Crippen molar-refractivity contribution >= 4 is 20.9 Å². The first kappa shape index (κ1) is 22.5. The summed E-state index contributed by atoms with van der Waals surface area (Å²) in [6.07, 6.45) is 4.76. The van der Waals surface area contributed by atoms with Gasteiger partial charge in [-0.2, -0.15) is 0 Å². The summed E-state index contributed by atoms with van der Waals surface area (Å²) in [5, 5.41) is 9.98. The second-order valence-electron chi connectivity index (χ2n) is 7.74. The number of carboxylic acids is 1. The molecule has 0 saturated heterocycles. The number of aryl methyl sites for hydroxylation is 3. The van der Waals surface area contributed by atoms with Gasteiger partial charge in [0.05, 0.1) is 5.41 Å². The van der Waals surface area contributed by atoms with Crippen LogP contribution in [0, 0.1) is 31.6 Å². The zero-order chi connectivity index (χ0) is 20.1. The van der Waals surface area contributed by atoms with Gasteiger partial charge in [0.1, 0.15) is 0 Å². The molecule has 144 valence electrons. The number of ketones is 1. The summed E-state index contributed by atoms with van der Waals surface area (Å²) in [5.74, 6) is -0.799. The minimum atomic E-state index is -1.02. The molecule has 1 aromatic rings. The normalized spacial score (nSPS) is 18.2. The fraction of sp³-hybridized carbons (Fsp3) is 0.619. The fourth-order valence-corrected chi connectivity index (χ4v) is 4.66. The highest BCUT2D eigenvalue weighted by Crippen LogP contribution is 2.54. The molecular formula is C21H32O4P+. The van der Waals surface area contributed by atoms with Crippen LogP contribution in [0.1, 0.15) is 79.4 Å². The van der Waals surface area contributed by atoms with E-state index in [9.17, 15) is 14.7 Å². The Labute approximate surface area is 159 Å². The fourth-order valence-electron chi connectivity index (χ4n) is 4.66. The lowest BCUT2D eigenvalue weighted by molar-refractivity contribution is -0.156. The first-order chi connectivity index (χ1) is 12.2. The smallest absolute Gasteiger partial charge is 0.310 e.